The molecule has 0 aliphatic heterocycles. The molecular weight excluding hydrogens is 275 g/mol. The number of amides is 1. The SMILES string of the molecule is COCCCNC(=O)COc1cc(F)cc(CC(C)N)c1. The molecule has 0 fully saturated rings. The summed E-state index contributed by atoms with van der Waals surface area (Å²) < 4.78 is 23.6. The Hall–Kier alpha value is -1.66. The van der Waals surface area contributed by atoms with Crippen LogP contribution in [0, 0.1) is 5.82 Å². The van der Waals surface area contributed by atoms with Gasteiger partial charge in [0.2, 0.25) is 0 Å². The first-order valence-electron chi connectivity index (χ1n) is 6.94. The highest BCUT2D eigenvalue weighted by atomic mass is 19.1. The van der Waals surface area contributed by atoms with E-state index in [-0.39, 0.29) is 18.6 Å². The molecule has 0 aromatic heterocycles. The van der Waals surface area contributed by atoms with Gasteiger partial charge < -0.3 is 20.5 Å². The van der Waals surface area contributed by atoms with Crippen LogP contribution < -0.4 is 15.8 Å². The third-order valence-electron chi connectivity index (χ3n) is 2.71. The number of hydrogen-bond donors (Lipinski definition) is 2. The van der Waals surface area contributed by atoms with Gasteiger partial charge in [-0.25, -0.2) is 4.39 Å². The van der Waals surface area contributed by atoms with E-state index in [4.69, 9.17) is 15.2 Å². The van der Waals surface area contributed by atoms with Gasteiger partial charge in [-0.2, -0.15) is 0 Å². The van der Waals surface area contributed by atoms with Crippen LogP contribution in [-0.4, -0.2) is 38.8 Å². The van der Waals surface area contributed by atoms with Crippen molar-refractivity contribution >= 4 is 5.91 Å². The molecule has 1 amide bonds. The van der Waals surface area contributed by atoms with E-state index in [9.17, 15) is 9.18 Å². The van der Waals surface area contributed by atoms with Crippen molar-refractivity contribution in [2.75, 3.05) is 26.9 Å². The second kappa shape index (κ2) is 9.31. The number of nitrogens with two attached hydrogens (primary N) is 1. The summed E-state index contributed by atoms with van der Waals surface area (Å²) in [4.78, 5) is 11.5. The van der Waals surface area contributed by atoms with Gasteiger partial charge >= 0.3 is 0 Å². The number of benzene rings is 1. The topological polar surface area (TPSA) is 73.6 Å². The summed E-state index contributed by atoms with van der Waals surface area (Å²) in [7, 11) is 1.61. The normalized spacial score (nSPS) is 12.0. The lowest BCUT2D eigenvalue weighted by Gasteiger charge is -2.10. The minimum atomic E-state index is -0.399. The van der Waals surface area contributed by atoms with Gasteiger partial charge in [0.25, 0.3) is 5.91 Å². The Bertz CT molecular complexity index is 453. The van der Waals surface area contributed by atoms with Gasteiger partial charge in [-0.3, -0.25) is 4.79 Å². The Labute approximate surface area is 124 Å². The van der Waals surface area contributed by atoms with E-state index in [1.54, 1.807) is 13.2 Å². The van der Waals surface area contributed by atoms with E-state index in [2.05, 4.69) is 5.32 Å². The number of halogens is 1. The Morgan fingerprint density at radius 3 is 2.86 bits per heavy atom. The molecule has 0 bridgehead atoms. The second-order valence-corrected chi connectivity index (χ2v) is 4.96. The van der Waals surface area contributed by atoms with Gasteiger partial charge in [0.05, 0.1) is 0 Å². The first-order chi connectivity index (χ1) is 10.0. The number of ether oxygens (including phenoxy) is 2. The van der Waals surface area contributed by atoms with E-state index in [0.717, 1.165) is 12.0 Å². The van der Waals surface area contributed by atoms with Crippen molar-refractivity contribution in [1.29, 1.82) is 0 Å². The van der Waals surface area contributed by atoms with E-state index in [0.29, 0.717) is 25.3 Å². The van der Waals surface area contributed by atoms with E-state index in [1.165, 1.54) is 12.1 Å². The number of nitrogens with one attached hydrogen (secondary N) is 1. The lowest BCUT2D eigenvalue weighted by atomic mass is 10.1. The van der Waals surface area contributed by atoms with Gasteiger partial charge in [0.1, 0.15) is 11.6 Å². The molecule has 0 aliphatic carbocycles. The van der Waals surface area contributed by atoms with Crippen LogP contribution in [0.3, 0.4) is 0 Å². The van der Waals surface area contributed by atoms with E-state index < -0.39 is 5.82 Å². The molecule has 1 unspecified atom stereocenters. The molecule has 0 heterocycles. The smallest absolute Gasteiger partial charge is 0.257 e. The van der Waals surface area contributed by atoms with Crippen LogP contribution in [-0.2, 0) is 16.0 Å². The average Bonchev–Trinajstić information content (AvgIpc) is 2.40. The highest BCUT2D eigenvalue weighted by Gasteiger charge is 2.06. The molecule has 0 saturated heterocycles. The van der Waals surface area contributed by atoms with Crippen molar-refractivity contribution in [3.63, 3.8) is 0 Å². The quantitative estimate of drug-likeness (QED) is 0.673. The first kappa shape index (κ1) is 17.4. The Morgan fingerprint density at radius 1 is 1.43 bits per heavy atom. The van der Waals surface area contributed by atoms with Crippen molar-refractivity contribution in [3.05, 3.63) is 29.6 Å². The molecule has 1 aromatic rings. The van der Waals surface area contributed by atoms with Gasteiger partial charge in [-0.1, -0.05) is 0 Å². The molecule has 3 N–H and O–H groups in total. The van der Waals surface area contributed by atoms with Crippen LogP contribution >= 0.6 is 0 Å². The number of methoxy groups -OCH3 is 1. The number of carbonyl (C=O) groups is 1. The summed E-state index contributed by atoms with van der Waals surface area (Å²) in [6.45, 7) is 2.81. The van der Waals surface area contributed by atoms with Crippen LogP contribution in [0.25, 0.3) is 0 Å². The summed E-state index contributed by atoms with van der Waals surface area (Å²) in [6, 6.07) is 4.30. The highest BCUT2D eigenvalue weighted by molar-refractivity contribution is 5.77. The minimum Gasteiger partial charge on any atom is -0.484 e. The maximum Gasteiger partial charge on any atom is 0.257 e. The lowest BCUT2D eigenvalue weighted by Crippen LogP contribution is -2.30. The monoisotopic (exact) mass is 298 g/mol. The zero-order valence-electron chi connectivity index (χ0n) is 12.5. The van der Waals surface area contributed by atoms with Crippen molar-refractivity contribution in [3.8, 4) is 5.75 Å². The molecule has 118 valence electrons. The van der Waals surface area contributed by atoms with Gasteiger partial charge in [-0.15, -0.1) is 0 Å². The van der Waals surface area contributed by atoms with E-state index >= 15 is 0 Å². The maximum absolute atomic E-state index is 13.5. The molecule has 6 heteroatoms. The molecule has 1 rings (SSSR count). The molecule has 5 nitrogen and oxygen atoms in total. The zero-order valence-corrected chi connectivity index (χ0v) is 12.5. The van der Waals surface area contributed by atoms with Crippen LogP contribution in [0.2, 0.25) is 0 Å². The fourth-order valence-electron chi connectivity index (χ4n) is 1.84. The summed E-state index contributed by atoms with van der Waals surface area (Å²) in [5.74, 6) is -0.314. The molecule has 0 spiro atoms. The average molecular weight is 298 g/mol. The summed E-state index contributed by atoms with van der Waals surface area (Å²) >= 11 is 0. The number of rotatable bonds is 9. The van der Waals surface area contributed by atoms with E-state index in [1.807, 2.05) is 6.92 Å². The second-order valence-electron chi connectivity index (χ2n) is 4.96. The van der Waals surface area contributed by atoms with Crippen molar-refractivity contribution < 1.29 is 18.7 Å². The fraction of sp³-hybridized carbons (Fsp3) is 0.533. The van der Waals surface area contributed by atoms with Crippen LogP contribution in [0.4, 0.5) is 4.39 Å². The molecule has 0 aliphatic rings. The zero-order chi connectivity index (χ0) is 15.7. The summed E-state index contributed by atoms with van der Waals surface area (Å²) in [5.41, 5.74) is 6.44. The maximum atomic E-state index is 13.5. The van der Waals surface area contributed by atoms with Crippen LogP contribution in [0.1, 0.15) is 18.9 Å². The predicted molar refractivity (Wildman–Crippen MR) is 78.8 cm³/mol. The molecule has 0 saturated carbocycles. The Kier molecular flexibility index (Phi) is 7.71. The Balaban J connectivity index is 2.43. The minimum absolute atomic E-state index is 0.0660. The molecule has 21 heavy (non-hydrogen) atoms. The predicted octanol–water partition coefficient (Wildman–Crippen LogP) is 1.25. The molecule has 0 radical (unpaired) electrons. The van der Waals surface area contributed by atoms with Gasteiger partial charge in [0, 0.05) is 32.4 Å². The molecular formula is C15H23FN2O3. The van der Waals surface area contributed by atoms with Gasteiger partial charge in [-0.05, 0) is 37.5 Å². The Morgan fingerprint density at radius 2 is 2.19 bits per heavy atom. The van der Waals surface area contributed by atoms with Crippen molar-refractivity contribution in [1.82, 2.24) is 5.32 Å². The third-order valence-corrected chi connectivity index (χ3v) is 2.71. The van der Waals surface area contributed by atoms with Gasteiger partial charge in [0.15, 0.2) is 6.61 Å². The summed E-state index contributed by atoms with van der Waals surface area (Å²) in [6.07, 6.45) is 1.29. The lowest BCUT2D eigenvalue weighted by molar-refractivity contribution is -0.123. The fourth-order valence-corrected chi connectivity index (χ4v) is 1.84. The largest absolute Gasteiger partial charge is 0.484 e. The third kappa shape index (κ3) is 7.63. The van der Waals surface area contributed by atoms with Crippen LogP contribution in [0.15, 0.2) is 18.2 Å². The highest BCUT2D eigenvalue weighted by Crippen LogP contribution is 2.17. The molecule has 1 aromatic carbocycles. The van der Waals surface area contributed by atoms with Crippen molar-refractivity contribution in [2.45, 2.75) is 25.8 Å². The standard InChI is InChI=1S/C15H23FN2O3/c1-11(17)6-12-7-13(16)9-14(8-12)21-10-15(19)18-4-3-5-20-2/h7-9,11H,3-6,10,17H2,1-2H3,(H,18,19). The molecule has 1 atom stereocenters. The number of hydrogen-bond acceptors (Lipinski definition) is 4. The van der Waals surface area contributed by atoms with Crippen molar-refractivity contribution in [2.24, 2.45) is 5.73 Å². The number of carbonyl (C=O) groups excluding carboxylic acids is 1. The van der Waals surface area contributed by atoms with Crippen LogP contribution in [0.5, 0.6) is 5.75 Å². The first-order valence-corrected chi connectivity index (χ1v) is 6.94. The summed E-state index contributed by atoms with van der Waals surface area (Å²) in [5, 5.41) is 2.69.